The quantitative estimate of drug-likeness (QED) is 0.502. The molecule has 0 radical (unpaired) electrons. The Hall–Kier alpha value is -2.30. The van der Waals surface area contributed by atoms with Gasteiger partial charge in [-0.25, -0.2) is 13.1 Å². The summed E-state index contributed by atoms with van der Waals surface area (Å²) in [5.41, 5.74) is 1.09. The van der Waals surface area contributed by atoms with E-state index in [4.69, 9.17) is 0 Å². The van der Waals surface area contributed by atoms with Crippen LogP contribution in [0.25, 0.3) is 6.08 Å². The van der Waals surface area contributed by atoms with Crippen molar-refractivity contribution in [2.45, 2.75) is 13.2 Å². The Labute approximate surface area is 176 Å². The van der Waals surface area contributed by atoms with Crippen LogP contribution in [0.3, 0.4) is 0 Å². The summed E-state index contributed by atoms with van der Waals surface area (Å²) in [4.78, 5) is 11.9. The van der Waals surface area contributed by atoms with Crippen LogP contribution in [-0.4, -0.2) is 33.2 Å². The number of amides is 1. The fourth-order valence-corrected chi connectivity index (χ4v) is 3.53. The van der Waals surface area contributed by atoms with Crippen LogP contribution in [0.1, 0.15) is 11.1 Å². The molecule has 6 nitrogen and oxygen atoms in total. The van der Waals surface area contributed by atoms with Crippen molar-refractivity contribution < 1.29 is 26.7 Å². The lowest BCUT2D eigenvalue weighted by molar-refractivity contribution is -0.116. The smallest absolute Gasteiger partial charge is 0.387 e. The lowest BCUT2D eigenvalue weighted by Crippen LogP contribution is -2.33. The number of nitrogens with one attached hydrogen (secondary N) is 2. The fraction of sp³-hybridized carbons (Fsp3) is 0.211. The van der Waals surface area contributed by atoms with Crippen molar-refractivity contribution in [1.29, 1.82) is 0 Å². The van der Waals surface area contributed by atoms with Crippen molar-refractivity contribution in [3.8, 4) is 5.75 Å². The summed E-state index contributed by atoms with van der Waals surface area (Å²) in [7, 11) is -3.57. The number of halogens is 3. The van der Waals surface area contributed by atoms with Crippen molar-refractivity contribution in [3.63, 3.8) is 0 Å². The van der Waals surface area contributed by atoms with Crippen LogP contribution in [0.5, 0.6) is 5.75 Å². The number of ether oxygens (including phenoxy) is 1. The van der Waals surface area contributed by atoms with Crippen LogP contribution < -0.4 is 14.8 Å². The van der Waals surface area contributed by atoms with E-state index in [0.29, 0.717) is 4.47 Å². The highest BCUT2D eigenvalue weighted by atomic mass is 79.9. The van der Waals surface area contributed by atoms with Crippen molar-refractivity contribution >= 4 is 37.9 Å². The fourth-order valence-electron chi connectivity index (χ4n) is 2.25. The molecule has 0 fully saturated rings. The second kappa shape index (κ2) is 11.0. The average molecular weight is 489 g/mol. The maximum Gasteiger partial charge on any atom is 0.387 e. The van der Waals surface area contributed by atoms with E-state index in [1.807, 2.05) is 6.07 Å². The minimum absolute atomic E-state index is 0.0834. The molecule has 0 atom stereocenters. The Kier molecular flexibility index (Phi) is 8.74. The Bertz CT molecular complexity index is 954. The zero-order valence-corrected chi connectivity index (χ0v) is 17.5. The van der Waals surface area contributed by atoms with Crippen LogP contribution in [0.4, 0.5) is 8.78 Å². The van der Waals surface area contributed by atoms with Crippen LogP contribution >= 0.6 is 15.9 Å². The largest absolute Gasteiger partial charge is 0.434 e. The highest BCUT2D eigenvalue weighted by molar-refractivity contribution is 9.10. The van der Waals surface area contributed by atoms with Gasteiger partial charge in [0.25, 0.3) is 0 Å². The lowest BCUT2D eigenvalue weighted by Gasteiger charge is -2.09. The van der Waals surface area contributed by atoms with E-state index in [9.17, 15) is 22.0 Å². The van der Waals surface area contributed by atoms with Crippen LogP contribution in [0, 0.1) is 0 Å². The molecule has 0 saturated carbocycles. The van der Waals surface area contributed by atoms with E-state index < -0.39 is 22.5 Å². The zero-order valence-electron chi connectivity index (χ0n) is 15.1. The van der Waals surface area contributed by atoms with Gasteiger partial charge in [-0.15, -0.1) is 0 Å². The molecule has 2 rings (SSSR count). The molecule has 2 aromatic rings. The summed E-state index contributed by atoms with van der Waals surface area (Å²) < 4.78 is 56.3. The molecule has 29 heavy (non-hydrogen) atoms. The molecule has 0 spiro atoms. The van der Waals surface area contributed by atoms with Crippen LogP contribution in [0.15, 0.2) is 59.1 Å². The van der Waals surface area contributed by atoms with E-state index in [1.54, 1.807) is 24.3 Å². The van der Waals surface area contributed by atoms with E-state index in [1.165, 1.54) is 24.3 Å². The molecule has 156 valence electrons. The van der Waals surface area contributed by atoms with Crippen LogP contribution in [0.2, 0.25) is 0 Å². The maximum absolute atomic E-state index is 12.4. The van der Waals surface area contributed by atoms with Gasteiger partial charge >= 0.3 is 6.61 Å². The number of sulfonamides is 1. The summed E-state index contributed by atoms with van der Waals surface area (Å²) in [5.74, 6) is -0.943. The van der Waals surface area contributed by atoms with Crippen molar-refractivity contribution in [1.82, 2.24) is 10.0 Å². The maximum atomic E-state index is 12.4. The minimum Gasteiger partial charge on any atom is -0.434 e. The van der Waals surface area contributed by atoms with Crippen molar-refractivity contribution in [3.05, 3.63) is 70.2 Å². The molecule has 0 saturated heterocycles. The Morgan fingerprint density at radius 2 is 1.90 bits per heavy atom. The van der Waals surface area contributed by atoms with Gasteiger partial charge in [-0.2, -0.15) is 8.78 Å². The third kappa shape index (κ3) is 8.71. The number of alkyl halides is 2. The summed E-state index contributed by atoms with van der Waals surface area (Å²) in [5, 5.41) is 2.44. The number of benzene rings is 2. The normalized spacial score (nSPS) is 11.7. The molecular weight excluding hydrogens is 470 g/mol. The van der Waals surface area contributed by atoms with Crippen molar-refractivity contribution in [2.24, 2.45) is 0 Å². The Balaban J connectivity index is 1.84. The molecule has 0 aliphatic carbocycles. The summed E-state index contributed by atoms with van der Waals surface area (Å²) >= 11 is 3.21. The van der Waals surface area contributed by atoms with E-state index in [2.05, 4.69) is 30.7 Å². The monoisotopic (exact) mass is 488 g/mol. The topological polar surface area (TPSA) is 84.5 Å². The van der Waals surface area contributed by atoms with Gasteiger partial charge in [-0.05, 0) is 29.8 Å². The number of hydrogen-bond acceptors (Lipinski definition) is 4. The molecular formula is C19H19BrF2N2O4S. The van der Waals surface area contributed by atoms with E-state index in [-0.39, 0.29) is 30.2 Å². The third-order valence-electron chi connectivity index (χ3n) is 3.61. The van der Waals surface area contributed by atoms with E-state index in [0.717, 1.165) is 11.6 Å². The predicted octanol–water partition coefficient (Wildman–Crippen LogP) is 3.30. The van der Waals surface area contributed by atoms with Gasteiger partial charge in [0, 0.05) is 29.2 Å². The highest BCUT2D eigenvalue weighted by Gasteiger charge is 2.11. The van der Waals surface area contributed by atoms with Crippen molar-refractivity contribution in [2.75, 3.05) is 12.3 Å². The highest BCUT2D eigenvalue weighted by Crippen LogP contribution is 2.25. The molecule has 0 heterocycles. The lowest BCUT2D eigenvalue weighted by atomic mass is 10.2. The van der Waals surface area contributed by atoms with Gasteiger partial charge < -0.3 is 10.1 Å². The number of rotatable bonds is 10. The first-order chi connectivity index (χ1) is 13.7. The van der Waals surface area contributed by atoms with Gasteiger partial charge in [0.2, 0.25) is 15.9 Å². The van der Waals surface area contributed by atoms with Gasteiger partial charge in [0.05, 0.1) is 5.75 Å². The Morgan fingerprint density at radius 3 is 2.59 bits per heavy atom. The molecule has 1 amide bonds. The van der Waals surface area contributed by atoms with Gasteiger partial charge in [0.1, 0.15) is 5.75 Å². The number of carbonyl (C=O) groups excluding carboxylic acids is 1. The molecule has 0 bridgehead atoms. The molecule has 0 aromatic heterocycles. The molecule has 0 aliphatic rings. The number of hydrogen-bond donors (Lipinski definition) is 2. The first-order valence-electron chi connectivity index (χ1n) is 8.47. The average Bonchev–Trinajstić information content (AvgIpc) is 2.67. The zero-order chi connectivity index (χ0) is 21.3. The van der Waals surface area contributed by atoms with Gasteiger partial charge in [-0.3, -0.25) is 4.79 Å². The SMILES string of the molecule is O=C(/C=C/c1cc(Br)ccc1OC(F)F)NCCS(=O)(=O)NCc1ccccc1. The first-order valence-corrected chi connectivity index (χ1v) is 10.9. The first kappa shape index (κ1) is 23.0. The standard InChI is InChI=1S/C19H19BrF2N2O4S/c20-16-7-8-17(28-19(21)22)15(12-16)6-9-18(25)23-10-11-29(26,27)24-13-14-4-2-1-3-5-14/h1-9,12,19,24H,10-11,13H2,(H,23,25)/b9-6+. The summed E-state index contributed by atoms with van der Waals surface area (Å²) in [6, 6.07) is 13.4. The second-order valence-corrected chi connectivity index (χ2v) is 8.65. The summed E-state index contributed by atoms with van der Waals surface area (Å²) in [6.45, 7) is -2.94. The van der Waals surface area contributed by atoms with E-state index >= 15 is 0 Å². The van der Waals surface area contributed by atoms with Crippen LogP contribution in [-0.2, 0) is 21.4 Å². The molecule has 2 N–H and O–H groups in total. The molecule has 0 aliphatic heterocycles. The minimum atomic E-state index is -3.57. The third-order valence-corrected chi connectivity index (χ3v) is 5.43. The second-order valence-electron chi connectivity index (χ2n) is 5.81. The summed E-state index contributed by atoms with van der Waals surface area (Å²) in [6.07, 6.45) is 2.42. The molecule has 2 aromatic carbocycles. The Morgan fingerprint density at radius 1 is 1.17 bits per heavy atom. The number of carbonyl (C=O) groups is 1. The van der Waals surface area contributed by atoms with Gasteiger partial charge in [-0.1, -0.05) is 46.3 Å². The van der Waals surface area contributed by atoms with Gasteiger partial charge in [0.15, 0.2) is 0 Å². The predicted molar refractivity (Wildman–Crippen MR) is 110 cm³/mol. The molecule has 10 heteroatoms. The molecule has 0 unspecified atom stereocenters.